The summed E-state index contributed by atoms with van der Waals surface area (Å²) in [6, 6.07) is 8.94. The van der Waals surface area contributed by atoms with Gasteiger partial charge in [-0.2, -0.15) is 5.10 Å². The van der Waals surface area contributed by atoms with Gasteiger partial charge >= 0.3 is 0 Å². The van der Waals surface area contributed by atoms with Crippen molar-refractivity contribution in [2.24, 2.45) is 0 Å². The Bertz CT molecular complexity index is 1540. The number of rotatable bonds is 13. The molecular formula is C30H35F2N7O2S. The van der Waals surface area contributed by atoms with Crippen LogP contribution in [0.2, 0.25) is 0 Å². The van der Waals surface area contributed by atoms with Crippen molar-refractivity contribution in [1.29, 1.82) is 0 Å². The average Bonchev–Trinajstić information content (AvgIpc) is 3.65. The van der Waals surface area contributed by atoms with Crippen molar-refractivity contribution in [3.8, 4) is 21.8 Å². The second-order valence-electron chi connectivity index (χ2n) is 10.4. The Balaban J connectivity index is 1.50. The number of thiophene rings is 1. The molecule has 2 atom stereocenters. The maximum absolute atomic E-state index is 13.6. The quantitative estimate of drug-likeness (QED) is 0.213. The molecule has 42 heavy (non-hydrogen) atoms. The fourth-order valence-electron chi connectivity index (χ4n) is 5.32. The highest BCUT2D eigenvalue weighted by molar-refractivity contribution is 7.13. The molecule has 0 saturated carbocycles. The molecule has 9 nitrogen and oxygen atoms in total. The minimum atomic E-state index is -2.63. The van der Waals surface area contributed by atoms with Crippen LogP contribution in [0.15, 0.2) is 48.1 Å². The van der Waals surface area contributed by atoms with E-state index in [4.69, 9.17) is 9.97 Å². The third kappa shape index (κ3) is 6.34. The number of hydrogen-bond acceptors (Lipinski definition) is 8. The predicted molar refractivity (Wildman–Crippen MR) is 160 cm³/mol. The number of ketones is 1. The van der Waals surface area contributed by atoms with Crippen molar-refractivity contribution >= 4 is 34.5 Å². The standard InChI is InChI=1S/C30H35F2N7O2S/c1-4-37(5-2)19(3)8-9-25(40)20-15-23(35-28(16-20)38-12-11-24(38)30(41)33-18-27(31)32)21-17-34-39-13-10-22(36-29(21)39)26-7-6-14-42-26/h6-7,10,13-17,19,24,27H,4-5,8-9,11-12,18H2,1-3H3,(H,33,41)/t19-,24-/m0/s1. The lowest BCUT2D eigenvalue weighted by molar-refractivity contribution is -0.124. The molecule has 1 fully saturated rings. The zero-order chi connectivity index (χ0) is 29.8. The summed E-state index contributed by atoms with van der Waals surface area (Å²) in [6.45, 7) is 7.99. The molecule has 1 amide bonds. The van der Waals surface area contributed by atoms with E-state index in [1.54, 1.807) is 39.1 Å². The molecule has 4 aromatic rings. The van der Waals surface area contributed by atoms with Crippen LogP contribution in [0.3, 0.4) is 0 Å². The van der Waals surface area contributed by atoms with Gasteiger partial charge in [-0.1, -0.05) is 19.9 Å². The Hall–Kier alpha value is -3.77. The van der Waals surface area contributed by atoms with Crippen LogP contribution >= 0.6 is 11.3 Å². The third-order valence-electron chi connectivity index (χ3n) is 7.82. The topological polar surface area (TPSA) is 95.7 Å². The van der Waals surface area contributed by atoms with Gasteiger partial charge in [0.15, 0.2) is 11.4 Å². The summed E-state index contributed by atoms with van der Waals surface area (Å²) in [5.74, 6) is -0.0559. The number of anilines is 1. The molecule has 0 bridgehead atoms. The van der Waals surface area contributed by atoms with Crippen LogP contribution in [-0.2, 0) is 4.79 Å². The molecule has 5 rings (SSSR count). The molecule has 0 aliphatic carbocycles. The first-order valence-electron chi connectivity index (χ1n) is 14.3. The molecule has 12 heteroatoms. The Kier molecular flexibility index (Phi) is 9.22. The summed E-state index contributed by atoms with van der Waals surface area (Å²) in [4.78, 5) is 41.0. The minimum Gasteiger partial charge on any atom is -0.349 e. The first kappa shape index (κ1) is 29.7. The third-order valence-corrected chi connectivity index (χ3v) is 8.72. The Morgan fingerprint density at radius 1 is 1.17 bits per heavy atom. The predicted octanol–water partition coefficient (Wildman–Crippen LogP) is 5.17. The molecule has 0 spiro atoms. The Labute approximate surface area is 247 Å². The van der Waals surface area contributed by atoms with Crippen LogP contribution < -0.4 is 10.2 Å². The summed E-state index contributed by atoms with van der Waals surface area (Å²) in [6.07, 6.45) is 2.45. The molecule has 0 aromatic carbocycles. The van der Waals surface area contributed by atoms with Crippen molar-refractivity contribution in [2.45, 2.75) is 58.5 Å². The summed E-state index contributed by atoms with van der Waals surface area (Å²) < 4.78 is 27.1. The van der Waals surface area contributed by atoms with Crippen LogP contribution in [0, 0.1) is 0 Å². The number of fused-ring (bicyclic) bond motifs is 1. The Morgan fingerprint density at radius 2 is 1.98 bits per heavy atom. The van der Waals surface area contributed by atoms with Crippen LogP contribution in [0.4, 0.5) is 14.6 Å². The number of Topliss-reactive ketones (excluding diaryl/α,β-unsaturated/α-hetero) is 1. The fourth-order valence-corrected chi connectivity index (χ4v) is 6.01. The van der Waals surface area contributed by atoms with Gasteiger partial charge in [0.2, 0.25) is 5.91 Å². The van der Waals surface area contributed by atoms with E-state index in [1.165, 1.54) is 0 Å². The molecule has 1 saturated heterocycles. The van der Waals surface area contributed by atoms with Gasteiger partial charge in [-0.15, -0.1) is 11.3 Å². The van der Waals surface area contributed by atoms with Gasteiger partial charge in [0.25, 0.3) is 6.43 Å². The maximum Gasteiger partial charge on any atom is 0.255 e. The van der Waals surface area contributed by atoms with E-state index >= 15 is 0 Å². The second kappa shape index (κ2) is 13.0. The highest BCUT2D eigenvalue weighted by atomic mass is 32.1. The lowest BCUT2D eigenvalue weighted by Gasteiger charge is -2.41. The molecule has 5 heterocycles. The Morgan fingerprint density at radius 3 is 2.64 bits per heavy atom. The molecular weight excluding hydrogens is 560 g/mol. The van der Waals surface area contributed by atoms with Crippen molar-refractivity contribution in [2.75, 3.05) is 31.1 Å². The van der Waals surface area contributed by atoms with E-state index in [-0.39, 0.29) is 11.8 Å². The van der Waals surface area contributed by atoms with Crippen LogP contribution in [0.5, 0.6) is 0 Å². The monoisotopic (exact) mass is 595 g/mol. The summed E-state index contributed by atoms with van der Waals surface area (Å²) in [5, 5.41) is 8.76. The van der Waals surface area contributed by atoms with E-state index in [0.717, 1.165) is 23.7 Å². The van der Waals surface area contributed by atoms with E-state index in [2.05, 4.69) is 36.1 Å². The van der Waals surface area contributed by atoms with Gasteiger partial charge in [0.1, 0.15) is 11.9 Å². The molecule has 222 valence electrons. The van der Waals surface area contributed by atoms with Gasteiger partial charge in [0.05, 0.1) is 34.6 Å². The van der Waals surface area contributed by atoms with E-state index in [0.29, 0.717) is 54.1 Å². The second-order valence-corrected chi connectivity index (χ2v) is 11.3. The smallest absolute Gasteiger partial charge is 0.255 e. The van der Waals surface area contributed by atoms with Gasteiger partial charge in [-0.3, -0.25) is 9.59 Å². The molecule has 1 N–H and O–H groups in total. The van der Waals surface area contributed by atoms with Crippen molar-refractivity contribution < 1.29 is 18.4 Å². The zero-order valence-electron chi connectivity index (χ0n) is 24.0. The number of hydrogen-bond donors (Lipinski definition) is 1. The van der Waals surface area contributed by atoms with Crippen molar-refractivity contribution in [1.82, 2.24) is 29.8 Å². The lowest BCUT2D eigenvalue weighted by Crippen LogP contribution is -2.57. The largest absolute Gasteiger partial charge is 0.349 e. The minimum absolute atomic E-state index is 0.0261. The molecule has 1 aliphatic rings. The van der Waals surface area contributed by atoms with Crippen LogP contribution in [0.1, 0.15) is 50.4 Å². The summed E-state index contributed by atoms with van der Waals surface area (Å²) in [5.41, 5.74) is 3.04. The SMILES string of the molecule is CCN(CC)[C@@H](C)CCC(=O)c1cc(-c2cnn3ccc(-c4cccs4)nc23)nc(N2CC[C@H]2C(=O)NCC(F)F)c1. The van der Waals surface area contributed by atoms with Crippen LogP contribution in [0.25, 0.3) is 27.5 Å². The highest BCUT2D eigenvalue weighted by Crippen LogP contribution is 2.32. The molecule has 0 radical (unpaired) electrons. The lowest BCUT2D eigenvalue weighted by atomic mass is 9.99. The fraction of sp³-hybridized carbons (Fsp3) is 0.433. The number of carbonyl (C=O) groups excluding carboxylic acids is 2. The number of nitrogens with zero attached hydrogens (tertiary/aromatic N) is 6. The maximum atomic E-state index is 13.6. The van der Waals surface area contributed by atoms with Crippen molar-refractivity contribution in [3.05, 3.63) is 53.7 Å². The number of nitrogens with one attached hydrogen (secondary N) is 1. The summed E-state index contributed by atoms with van der Waals surface area (Å²) >= 11 is 1.59. The number of carbonyl (C=O) groups is 2. The normalized spacial score (nSPS) is 15.8. The van der Waals surface area contributed by atoms with Gasteiger partial charge in [-0.05, 0) is 62.5 Å². The highest BCUT2D eigenvalue weighted by Gasteiger charge is 2.36. The number of amides is 1. The van der Waals surface area contributed by atoms with Gasteiger partial charge < -0.3 is 15.1 Å². The van der Waals surface area contributed by atoms with E-state index < -0.39 is 24.9 Å². The average molecular weight is 596 g/mol. The summed E-state index contributed by atoms with van der Waals surface area (Å²) in [7, 11) is 0. The van der Waals surface area contributed by atoms with E-state index in [1.807, 2.05) is 29.8 Å². The number of alkyl halides is 2. The first-order valence-corrected chi connectivity index (χ1v) is 15.2. The van der Waals surface area contributed by atoms with Gasteiger partial charge in [0, 0.05) is 30.8 Å². The van der Waals surface area contributed by atoms with Crippen LogP contribution in [-0.4, -0.2) is 80.9 Å². The molecule has 4 aromatic heterocycles. The van der Waals surface area contributed by atoms with Crippen molar-refractivity contribution in [3.63, 3.8) is 0 Å². The molecule has 0 unspecified atom stereocenters. The number of aromatic nitrogens is 4. The zero-order valence-corrected chi connectivity index (χ0v) is 24.8. The van der Waals surface area contributed by atoms with E-state index in [9.17, 15) is 18.4 Å². The van der Waals surface area contributed by atoms with Gasteiger partial charge in [-0.25, -0.2) is 23.3 Å². The number of pyridine rings is 1. The first-order chi connectivity index (χ1) is 20.3. The molecule has 1 aliphatic heterocycles. The number of halogens is 2.